The van der Waals surface area contributed by atoms with E-state index in [1.165, 1.54) is 14.0 Å². The van der Waals surface area contributed by atoms with Gasteiger partial charge >= 0.3 is 5.97 Å². The number of hydrogen-bond acceptors (Lipinski definition) is 4. The summed E-state index contributed by atoms with van der Waals surface area (Å²) in [7, 11) is 1.53. The van der Waals surface area contributed by atoms with Crippen LogP contribution >= 0.6 is 0 Å². The molecule has 17 heavy (non-hydrogen) atoms. The first-order valence-electron chi connectivity index (χ1n) is 5.32. The molecule has 0 radical (unpaired) electrons. The van der Waals surface area contributed by atoms with Crippen molar-refractivity contribution < 1.29 is 19.0 Å². The fraction of sp³-hybridized carbons (Fsp3) is 0.308. The van der Waals surface area contributed by atoms with Gasteiger partial charge in [-0.25, -0.2) is 0 Å². The minimum Gasteiger partial charge on any atom is -0.501 e. The lowest BCUT2D eigenvalue weighted by atomic mass is 10.2. The molecule has 0 aliphatic rings. The van der Waals surface area contributed by atoms with Gasteiger partial charge in [0.2, 0.25) is 0 Å². The van der Waals surface area contributed by atoms with Gasteiger partial charge in [-0.3, -0.25) is 4.79 Å². The molecule has 0 aliphatic heterocycles. The number of esters is 1. The second kappa shape index (κ2) is 6.58. The van der Waals surface area contributed by atoms with E-state index in [2.05, 4.69) is 0 Å². The van der Waals surface area contributed by atoms with Gasteiger partial charge in [0.1, 0.15) is 0 Å². The zero-order chi connectivity index (χ0) is 12.7. The van der Waals surface area contributed by atoms with Crippen LogP contribution in [0.2, 0.25) is 0 Å². The van der Waals surface area contributed by atoms with E-state index >= 15 is 0 Å². The van der Waals surface area contributed by atoms with Crippen molar-refractivity contribution in [3.05, 3.63) is 30.0 Å². The van der Waals surface area contributed by atoms with Crippen LogP contribution in [-0.2, 0) is 9.53 Å². The molecule has 0 fully saturated rings. The maximum atomic E-state index is 10.9. The third-order valence-corrected chi connectivity index (χ3v) is 1.96. The Hall–Kier alpha value is -1.97. The van der Waals surface area contributed by atoms with E-state index < -0.39 is 0 Å². The Balaban J connectivity index is 2.88. The summed E-state index contributed by atoms with van der Waals surface area (Å²) < 4.78 is 15.2. The van der Waals surface area contributed by atoms with Gasteiger partial charge in [0, 0.05) is 6.92 Å². The van der Waals surface area contributed by atoms with Gasteiger partial charge in [0.25, 0.3) is 0 Å². The second-order valence-corrected chi connectivity index (χ2v) is 3.26. The van der Waals surface area contributed by atoms with E-state index in [-0.39, 0.29) is 5.97 Å². The molecule has 0 bridgehead atoms. The summed E-state index contributed by atoms with van der Waals surface area (Å²) in [5, 5.41) is 0. The van der Waals surface area contributed by atoms with E-state index in [9.17, 15) is 4.79 Å². The number of carbonyl (C=O) groups excluding carboxylic acids is 1. The average molecular weight is 236 g/mol. The van der Waals surface area contributed by atoms with E-state index in [1.807, 2.05) is 19.1 Å². The highest BCUT2D eigenvalue weighted by Gasteiger charge is 2.06. The smallest absolute Gasteiger partial charge is 0.308 e. The zero-order valence-corrected chi connectivity index (χ0v) is 10.2. The van der Waals surface area contributed by atoms with Gasteiger partial charge in [0.15, 0.2) is 11.5 Å². The monoisotopic (exact) mass is 236 g/mol. The Kier molecular flexibility index (Phi) is 5.07. The molecule has 92 valence electrons. The predicted octanol–water partition coefficient (Wildman–Crippen LogP) is 2.63. The first-order chi connectivity index (χ1) is 8.17. The van der Waals surface area contributed by atoms with Crippen molar-refractivity contribution in [2.75, 3.05) is 13.7 Å². The Morgan fingerprint density at radius 2 is 2.12 bits per heavy atom. The zero-order valence-electron chi connectivity index (χ0n) is 10.2. The topological polar surface area (TPSA) is 44.8 Å². The van der Waals surface area contributed by atoms with Crippen LogP contribution in [0, 0.1) is 0 Å². The van der Waals surface area contributed by atoms with Crippen LogP contribution in [0.1, 0.15) is 19.4 Å². The van der Waals surface area contributed by atoms with Crippen molar-refractivity contribution >= 4 is 12.0 Å². The summed E-state index contributed by atoms with van der Waals surface area (Å²) >= 11 is 0. The number of rotatable bonds is 5. The minimum absolute atomic E-state index is 0.374. The highest BCUT2D eigenvalue weighted by molar-refractivity contribution is 5.71. The first kappa shape index (κ1) is 13.1. The van der Waals surface area contributed by atoms with Crippen molar-refractivity contribution in [1.29, 1.82) is 0 Å². The summed E-state index contributed by atoms with van der Waals surface area (Å²) in [6.07, 6.45) is 3.42. The van der Waals surface area contributed by atoms with Gasteiger partial charge in [-0.1, -0.05) is 6.07 Å². The Labute approximate surface area is 101 Å². The molecule has 0 atom stereocenters. The molecule has 0 spiro atoms. The van der Waals surface area contributed by atoms with Crippen LogP contribution < -0.4 is 9.47 Å². The van der Waals surface area contributed by atoms with Crippen LogP contribution in [-0.4, -0.2) is 19.7 Å². The molecule has 0 N–H and O–H groups in total. The minimum atomic E-state index is -0.374. The molecule has 1 aromatic carbocycles. The molecule has 1 aromatic rings. The molecule has 4 heteroatoms. The van der Waals surface area contributed by atoms with E-state index in [0.29, 0.717) is 18.1 Å². The molecule has 0 unspecified atom stereocenters. The van der Waals surface area contributed by atoms with Crippen LogP contribution in [0.3, 0.4) is 0 Å². The van der Waals surface area contributed by atoms with Crippen LogP contribution in [0.5, 0.6) is 11.5 Å². The van der Waals surface area contributed by atoms with Gasteiger partial charge in [-0.2, -0.15) is 0 Å². The maximum absolute atomic E-state index is 10.9. The van der Waals surface area contributed by atoms with E-state index in [1.54, 1.807) is 18.4 Å². The molecule has 0 aromatic heterocycles. The Morgan fingerprint density at radius 3 is 2.71 bits per heavy atom. The third-order valence-electron chi connectivity index (χ3n) is 1.96. The van der Waals surface area contributed by atoms with Gasteiger partial charge in [-0.15, -0.1) is 0 Å². The first-order valence-corrected chi connectivity index (χ1v) is 5.32. The van der Waals surface area contributed by atoms with E-state index in [4.69, 9.17) is 14.2 Å². The van der Waals surface area contributed by atoms with Crippen LogP contribution in [0.25, 0.3) is 6.08 Å². The van der Waals surface area contributed by atoms with Crippen molar-refractivity contribution in [3.8, 4) is 11.5 Å². The lowest BCUT2D eigenvalue weighted by Crippen LogP contribution is -2.03. The molecule has 1 rings (SSSR count). The molecule has 0 aliphatic carbocycles. The second-order valence-electron chi connectivity index (χ2n) is 3.26. The fourth-order valence-corrected chi connectivity index (χ4v) is 1.25. The van der Waals surface area contributed by atoms with Crippen molar-refractivity contribution in [3.63, 3.8) is 0 Å². The number of benzene rings is 1. The summed E-state index contributed by atoms with van der Waals surface area (Å²) in [6.45, 7) is 3.89. The summed E-state index contributed by atoms with van der Waals surface area (Å²) in [4.78, 5) is 10.9. The summed E-state index contributed by atoms with van der Waals surface area (Å²) in [6, 6.07) is 5.27. The molecule has 0 saturated carbocycles. The third kappa shape index (κ3) is 4.18. The molecular formula is C13H16O4. The highest BCUT2D eigenvalue weighted by atomic mass is 16.6. The van der Waals surface area contributed by atoms with Crippen LogP contribution in [0.4, 0.5) is 0 Å². The molecule has 4 nitrogen and oxygen atoms in total. The summed E-state index contributed by atoms with van der Waals surface area (Å²) in [5.41, 5.74) is 0.909. The summed E-state index contributed by atoms with van der Waals surface area (Å²) in [5.74, 6) is 0.549. The lowest BCUT2D eigenvalue weighted by molar-refractivity contribution is -0.132. The molecule has 0 saturated heterocycles. The molecule has 0 heterocycles. The number of carbonyl (C=O) groups is 1. The van der Waals surface area contributed by atoms with Crippen molar-refractivity contribution in [1.82, 2.24) is 0 Å². The Morgan fingerprint density at radius 1 is 1.35 bits per heavy atom. The van der Waals surface area contributed by atoms with Crippen molar-refractivity contribution in [2.24, 2.45) is 0 Å². The standard InChI is InChI=1S/C13H16O4/c1-4-16-8-7-11-5-6-12(17-10(2)14)13(9-11)15-3/h5-9H,4H2,1-3H3. The SMILES string of the molecule is CCOC=Cc1ccc(OC(C)=O)c(OC)c1. The quantitative estimate of drug-likeness (QED) is 0.448. The average Bonchev–Trinajstić information content (AvgIpc) is 2.30. The van der Waals surface area contributed by atoms with Crippen molar-refractivity contribution in [2.45, 2.75) is 13.8 Å². The fourth-order valence-electron chi connectivity index (χ4n) is 1.25. The number of ether oxygens (including phenoxy) is 3. The van der Waals surface area contributed by atoms with Crippen LogP contribution in [0.15, 0.2) is 24.5 Å². The van der Waals surface area contributed by atoms with E-state index in [0.717, 1.165) is 5.56 Å². The molecular weight excluding hydrogens is 220 g/mol. The lowest BCUT2D eigenvalue weighted by Gasteiger charge is -2.08. The largest absolute Gasteiger partial charge is 0.501 e. The number of methoxy groups -OCH3 is 1. The normalized spacial score (nSPS) is 10.3. The van der Waals surface area contributed by atoms with Gasteiger partial charge < -0.3 is 14.2 Å². The highest BCUT2D eigenvalue weighted by Crippen LogP contribution is 2.28. The Bertz CT molecular complexity index is 410. The van der Waals surface area contributed by atoms with Gasteiger partial charge in [-0.05, 0) is 30.7 Å². The molecule has 0 amide bonds. The number of hydrogen-bond donors (Lipinski definition) is 0. The van der Waals surface area contributed by atoms with Gasteiger partial charge in [0.05, 0.1) is 20.0 Å². The maximum Gasteiger partial charge on any atom is 0.308 e. The predicted molar refractivity (Wildman–Crippen MR) is 65.0 cm³/mol.